The molecule has 5 nitrogen and oxygen atoms in total. The van der Waals surface area contributed by atoms with E-state index in [0.29, 0.717) is 23.6 Å². The number of rotatable bonds is 5. The number of fused-ring (bicyclic) bond motifs is 1. The lowest BCUT2D eigenvalue weighted by molar-refractivity contribution is 0.202. The Bertz CT molecular complexity index is 622. The van der Waals surface area contributed by atoms with E-state index in [1.54, 1.807) is 19.4 Å². The number of anilines is 1. The molecule has 0 radical (unpaired) electrons. The number of nitrogens with zero attached hydrogens (tertiary/aromatic N) is 2. The zero-order chi connectivity index (χ0) is 14.8. The Morgan fingerprint density at radius 3 is 3.10 bits per heavy atom. The van der Waals surface area contributed by atoms with Crippen molar-refractivity contribution in [2.45, 2.75) is 10.9 Å². The molecule has 110 valence electrons. The summed E-state index contributed by atoms with van der Waals surface area (Å²) in [5.74, 6) is 0.704. The molecule has 1 fully saturated rings. The summed E-state index contributed by atoms with van der Waals surface area (Å²) >= 11 is 1.53. The summed E-state index contributed by atoms with van der Waals surface area (Å²) in [5.41, 5.74) is 8.51. The maximum Gasteiger partial charge on any atom is 0.165 e. The predicted octanol–water partition coefficient (Wildman–Crippen LogP) is 2.19. The average Bonchev–Trinajstić information content (AvgIpc) is 3.31. The minimum Gasteiger partial charge on any atom is -0.390 e. The third-order valence-electron chi connectivity index (χ3n) is 3.34. The van der Waals surface area contributed by atoms with Gasteiger partial charge in [0.05, 0.1) is 5.69 Å². The van der Waals surface area contributed by atoms with Crippen LogP contribution in [0.1, 0.15) is 11.6 Å². The van der Waals surface area contributed by atoms with Crippen molar-refractivity contribution in [3.63, 3.8) is 0 Å². The molecule has 0 spiro atoms. The number of aliphatic imine (C=N–C) groups is 1. The summed E-state index contributed by atoms with van der Waals surface area (Å²) in [6, 6.07) is 6.90. The van der Waals surface area contributed by atoms with Crippen molar-refractivity contribution >= 4 is 23.7 Å². The van der Waals surface area contributed by atoms with Gasteiger partial charge in [-0.15, -0.1) is 0 Å². The van der Waals surface area contributed by atoms with Crippen molar-refractivity contribution in [2.24, 2.45) is 10.7 Å². The molecule has 2 heterocycles. The highest BCUT2D eigenvalue weighted by molar-refractivity contribution is 8.03. The van der Waals surface area contributed by atoms with Crippen LogP contribution in [0.4, 0.5) is 5.69 Å². The van der Waals surface area contributed by atoms with Crippen molar-refractivity contribution < 1.29 is 4.74 Å². The van der Waals surface area contributed by atoms with Crippen LogP contribution in [0.25, 0.3) is 0 Å². The van der Waals surface area contributed by atoms with Gasteiger partial charge in [0, 0.05) is 30.8 Å². The first-order valence-corrected chi connectivity index (χ1v) is 7.52. The number of methoxy groups -OCH3 is 1. The Hall–Kier alpha value is -1.76. The van der Waals surface area contributed by atoms with E-state index in [4.69, 9.17) is 10.5 Å². The Morgan fingerprint density at radius 2 is 2.43 bits per heavy atom. The molecule has 0 amide bonds. The molecular weight excluding hydrogens is 284 g/mol. The smallest absolute Gasteiger partial charge is 0.165 e. The highest BCUT2D eigenvalue weighted by atomic mass is 32.2. The predicted molar refractivity (Wildman–Crippen MR) is 87.3 cm³/mol. The van der Waals surface area contributed by atoms with Crippen LogP contribution in [0.2, 0.25) is 0 Å². The number of benzene rings is 1. The number of allylic oxidation sites excluding steroid dienone is 1. The van der Waals surface area contributed by atoms with Crippen LogP contribution in [0.15, 0.2) is 51.6 Å². The number of hydrogen-bond donors (Lipinski definition) is 2. The molecule has 1 saturated heterocycles. The summed E-state index contributed by atoms with van der Waals surface area (Å²) in [4.78, 5) is 7.50. The minimum atomic E-state index is 0.402. The molecule has 1 aromatic rings. The van der Waals surface area contributed by atoms with E-state index < -0.39 is 0 Å². The molecule has 21 heavy (non-hydrogen) atoms. The Morgan fingerprint density at radius 1 is 1.62 bits per heavy atom. The van der Waals surface area contributed by atoms with Crippen LogP contribution < -0.4 is 16.0 Å². The maximum absolute atomic E-state index is 6.15. The van der Waals surface area contributed by atoms with Crippen LogP contribution in [0.3, 0.4) is 0 Å². The summed E-state index contributed by atoms with van der Waals surface area (Å²) < 4.78 is 5.32. The molecule has 3 N–H and O–H groups in total. The van der Waals surface area contributed by atoms with Gasteiger partial charge in [-0.2, -0.15) is 0 Å². The SMILES string of the molecule is C=C/C=N\C1=C(N)Sc2ccc(C3CN3)cc2N1COC. The summed E-state index contributed by atoms with van der Waals surface area (Å²) in [7, 11) is 1.67. The highest BCUT2D eigenvalue weighted by Gasteiger charge is 2.28. The van der Waals surface area contributed by atoms with E-state index in [1.807, 2.05) is 4.90 Å². The summed E-state index contributed by atoms with van der Waals surface area (Å²) in [6.45, 7) is 5.09. The van der Waals surface area contributed by atoms with Crippen molar-refractivity contribution in [1.29, 1.82) is 0 Å². The van der Waals surface area contributed by atoms with Gasteiger partial charge in [-0.1, -0.05) is 30.5 Å². The first-order chi connectivity index (χ1) is 10.2. The fourth-order valence-corrected chi connectivity index (χ4v) is 3.17. The normalized spacial score (nSPS) is 20.8. The summed E-state index contributed by atoms with van der Waals surface area (Å²) in [6.07, 6.45) is 3.28. The first-order valence-electron chi connectivity index (χ1n) is 6.71. The van der Waals surface area contributed by atoms with Crippen molar-refractivity contribution in [3.8, 4) is 0 Å². The largest absolute Gasteiger partial charge is 0.390 e. The minimum absolute atomic E-state index is 0.402. The van der Waals surface area contributed by atoms with E-state index in [2.05, 4.69) is 35.1 Å². The first kappa shape index (κ1) is 14.2. The molecule has 0 aliphatic carbocycles. The van der Waals surface area contributed by atoms with Crippen LogP contribution in [0.5, 0.6) is 0 Å². The summed E-state index contributed by atoms with van der Waals surface area (Å²) in [5, 5.41) is 3.98. The number of thioether (sulfide) groups is 1. The number of ether oxygens (including phenoxy) is 1. The van der Waals surface area contributed by atoms with Gasteiger partial charge in [-0.25, -0.2) is 4.99 Å². The molecule has 1 atom stereocenters. The average molecular weight is 302 g/mol. The van der Waals surface area contributed by atoms with E-state index >= 15 is 0 Å². The van der Waals surface area contributed by atoms with Crippen LogP contribution >= 0.6 is 11.8 Å². The van der Waals surface area contributed by atoms with Crippen molar-refractivity contribution in [1.82, 2.24) is 5.32 Å². The van der Waals surface area contributed by atoms with Gasteiger partial charge < -0.3 is 15.8 Å². The van der Waals surface area contributed by atoms with E-state index in [0.717, 1.165) is 17.1 Å². The lowest BCUT2D eigenvalue weighted by atomic mass is 10.1. The van der Waals surface area contributed by atoms with E-state index in [-0.39, 0.29) is 0 Å². The van der Waals surface area contributed by atoms with Gasteiger partial charge in [0.25, 0.3) is 0 Å². The molecule has 6 heteroatoms. The zero-order valence-electron chi connectivity index (χ0n) is 11.9. The van der Waals surface area contributed by atoms with Crippen LogP contribution in [-0.2, 0) is 4.74 Å². The van der Waals surface area contributed by atoms with Gasteiger partial charge in [0.1, 0.15) is 11.8 Å². The van der Waals surface area contributed by atoms with Crippen LogP contribution in [-0.4, -0.2) is 26.6 Å². The Kier molecular flexibility index (Phi) is 4.01. The maximum atomic E-state index is 6.15. The standard InChI is InChI=1S/C15H18N4OS/c1-3-6-17-15-14(16)21-13-5-4-10(11-8-18-11)7-12(13)19(15)9-20-2/h3-7,11,18H,1,8-9,16H2,2H3/b17-6-. The highest BCUT2D eigenvalue weighted by Crippen LogP contribution is 2.43. The quantitative estimate of drug-likeness (QED) is 0.644. The fraction of sp³-hybridized carbons (Fsp3) is 0.267. The number of nitrogens with one attached hydrogen (secondary N) is 1. The third-order valence-corrected chi connectivity index (χ3v) is 4.31. The van der Waals surface area contributed by atoms with Gasteiger partial charge in [0.15, 0.2) is 5.82 Å². The van der Waals surface area contributed by atoms with E-state index in [9.17, 15) is 0 Å². The number of hydrogen-bond acceptors (Lipinski definition) is 6. The third kappa shape index (κ3) is 2.83. The second-order valence-corrected chi connectivity index (χ2v) is 5.92. The Labute approximate surface area is 128 Å². The van der Waals surface area contributed by atoms with Gasteiger partial charge in [-0.3, -0.25) is 4.90 Å². The fourth-order valence-electron chi connectivity index (χ4n) is 2.27. The monoisotopic (exact) mass is 302 g/mol. The van der Waals surface area contributed by atoms with Gasteiger partial charge in [0.2, 0.25) is 0 Å². The molecule has 0 bridgehead atoms. The molecule has 2 aliphatic heterocycles. The Balaban J connectivity index is 2.02. The molecule has 2 aliphatic rings. The lowest BCUT2D eigenvalue weighted by Gasteiger charge is -2.31. The van der Waals surface area contributed by atoms with Gasteiger partial charge in [-0.05, 0) is 17.7 Å². The second kappa shape index (κ2) is 5.93. The molecule has 0 saturated carbocycles. The number of nitrogens with two attached hydrogens (primary N) is 1. The molecule has 0 aromatic heterocycles. The topological polar surface area (TPSA) is 72.8 Å². The van der Waals surface area contributed by atoms with E-state index in [1.165, 1.54) is 17.3 Å². The zero-order valence-corrected chi connectivity index (χ0v) is 12.7. The van der Waals surface area contributed by atoms with Crippen molar-refractivity contribution in [2.75, 3.05) is 25.3 Å². The molecule has 3 rings (SSSR count). The molecule has 1 unspecified atom stereocenters. The molecule has 1 aromatic carbocycles. The van der Waals surface area contributed by atoms with Crippen molar-refractivity contribution in [3.05, 3.63) is 47.3 Å². The van der Waals surface area contributed by atoms with Gasteiger partial charge >= 0.3 is 0 Å². The van der Waals surface area contributed by atoms with Crippen LogP contribution in [0, 0.1) is 0 Å². The lowest BCUT2D eigenvalue weighted by Crippen LogP contribution is -2.29. The second-order valence-electron chi connectivity index (χ2n) is 4.84. The molecular formula is C15H18N4OS.